The number of benzene rings is 1. The van der Waals surface area contributed by atoms with E-state index in [0.29, 0.717) is 25.1 Å². The summed E-state index contributed by atoms with van der Waals surface area (Å²) in [5.41, 5.74) is 1.58. The number of nitrogens with zero attached hydrogens (tertiary/aromatic N) is 3. The maximum Gasteiger partial charge on any atom is 0.254 e. The van der Waals surface area contributed by atoms with E-state index in [-0.39, 0.29) is 24.0 Å². The van der Waals surface area contributed by atoms with Gasteiger partial charge in [-0.05, 0) is 43.7 Å². The fraction of sp³-hybridized carbons (Fsp3) is 0.600. The number of morpholine rings is 1. The molecule has 2 amide bonds. The van der Waals surface area contributed by atoms with Gasteiger partial charge in [-0.2, -0.15) is 0 Å². The van der Waals surface area contributed by atoms with Gasteiger partial charge in [0.1, 0.15) is 0 Å². The van der Waals surface area contributed by atoms with Crippen molar-refractivity contribution in [3.05, 3.63) is 29.8 Å². The highest BCUT2D eigenvalue weighted by Crippen LogP contribution is 2.26. The number of piperidine rings is 1. The van der Waals surface area contributed by atoms with Crippen LogP contribution in [0.3, 0.4) is 0 Å². The third-order valence-electron chi connectivity index (χ3n) is 5.88. The van der Waals surface area contributed by atoms with Gasteiger partial charge in [0, 0.05) is 43.9 Å². The highest BCUT2D eigenvalue weighted by atomic mass is 16.5. The average Bonchev–Trinajstić information content (AvgIpc) is 3.12. The summed E-state index contributed by atoms with van der Waals surface area (Å²) in [6.07, 6.45) is 2.66. The number of fused-ring (bicyclic) bond motifs is 1. The van der Waals surface area contributed by atoms with Crippen LogP contribution in [0.4, 0.5) is 5.69 Å². The van der Waals surface area contributed by atoms with Gasteiger partial charge in [0.25, 0.3) is 5.91 Å². The van der Waals surface area contributed by atoms with Crippen LogP contribution in [0.25, 0.3) is 0 Å². The summed E-state index contributed by atoms with van der Waals surface area (Å²) < 4.78 is 5.92. The number of rotatable bonds is 3. The zero-order valence-electron chi connectivity index (χ0n) is 15.4. The largest absolute Gasteiger partial charge is 0.374 e. The van der Waals surface area contributed by atoms with E-state index in [2.05, 4.69) is 11.8 Å². The fourth-order valence-electron chi connectivity index (χ4n) is 4.35. The lowest BCUT2D eigenvalue weighted by atomic mass is 9.97. The summed E-state index contributed by atoms with van der Waals surface area (Å²) in [7, 11) is 0. The molecule has 0 spiro atoms. The SMILES string of the molecule is CCN1CC[C@H]2OCCN(C(=O)c3ccc(N4CCCC4=O)cc3)[C@H]2C1. The third-order valence-corrected chi connectivity index (χ3v) is 5.88. The number of amides is 2. The zero-order chi connectivity index (χ0) is 18.1. The highest BCUT2D eigenvalue weighted by Gasteiger charge is 2.39. The fourth-order valence-corrected chi connectivity index (χ4v) is 4.35. The van der Waals surface area contributed by atoms with Crippen LogP contribution in [0, 0.1) is 0 Å². The van der Waals surface area contributed by atoms with E-state index >= 15 is 0 Å². The monoisotopic (exact) mass is 357 g/mol. The van der Waals surface area contributed by atoms with Gasteiger partial charge in [-0.15, -0.1) is 0 Å². The van der Waals surface area contributed by atoms with Crippen molar-refractivity contribution < 1.29 is 14.3 Å². The predicted octanol–water partition coefficient (Wildman–Crippen LogP) is 1.75. The van der Waals surface area contributed by atoms with E-state index in [9.17, 15) is 9.59 Å². The van der Waals surface area contributed by atoms with Gasteiger partial charge < -0.3 is 19.4 Å². The standard InChI is InChI=1S/C20H27N3O3/c1-2-21-11-9-18-17(14-21)23(12-13-26-18)20(25)15-5-7-16(8-6-15)22-10-3-4-19(22)24/h5-8,17-18H,2-4,9-14H2,1H3/t17-,18+/m0/s1. The van der Waals surface area contributed by atoms with Crippen LogP contribution in [0.15, 0.2) is 24.3 Å². The number of likely N-dealkylation sites (tertiary alicyclic amines) is 1. The molecule has 4 rings (SSSR count). The van der Waals surface area contributed by atoms with Crippen LogP contribution in [0.1, 0.15) is 36.5 Å². The first-order valence-corrected chi connectivity index (χ1v) is 9.72. The molecule has 0 saturated carbocycles. The van der Waals surface area contributed by atoms with Gasteiger partial charge in [-0.1, -0.05) is 6.92 Å². The molecule has 3 aliphatic heterocycles. The van der Waals surface area contributed by atoms with Crippen LogP contribution in [0.5, 0.6) is 0 Å². The first-order chi connectivity index (χ1) is 12.7. The van der Waals surface area contributed by atoms with Crippen LogP contribution >= 0.6 is 0 Å². The number of likely N-dealkylation sites (N-methyl/N-ethyl adjacent to an activating group) is 1. The highest BCUT2D eigenvalue weighted by molar-refractivity contribution is 5.97. The molecule has 2 atom stereocenters. The van der Waals surface area contributed by atoms with Gasteiger partial charge in [0.2, 0.25) is 5.91 Å². The Morgan fingerprint density at radius 2 is 2.00 bits per heavy atom. The van der Waals surface area contributed by atoms with E-state index in [1.807, 2.05) is 29.2 Å². The van der Waals surface area contributed by atoms with Gasteiger partial charge in [-0.25, -0.2) is 0 Å². The molecular weight excluding hydrogens is 330 g/mol. The Bertz CT molecular complexity index is 675. The van der Waals surface area contributed by atoms with E-state index < -0.39 is 0 Å². The molecule has 0 aromatic heterocycles. The molecule has 0 N–H and O–H groups in total. The molecule has 1 aromatic rings. The molecule has 3 saturated heterocycles. The number of hydrogen-bond acceptors (Lipinski definition) is 4. The summed E-state index contributed by atoms with van der Waals surface area (Å²) in [4.78, 5) is 31.2. The molecule has 140 valence electrons. The van der Waals surface area contributed by atoms with Crippen LogP contribution in [0.2, 0.25) is 0 Å². The number of ether oxygens (including phenoxy) is 1. The first-order valence-electron chi connectivity index (χ1n) is 9.72. The van der Waals surface area contributed by atoms with E-state index in [4.69, 9.17) is 4.74 Å². The Balaban J connectivity index is 1.50. The molecule has 0 aliphatic carbocycles. The predicted molar refractivity (Wildman–Crippen MR) is 99.3 cm³/mol. The maximum absolute atomic E-state index is 13.1. The smallest absolute Gasteiger partial charge is 0.254 e. The molecule has 6 nitrogen and oxygen atoms in total. The molecule has 3 aliphatic rings. The second-order valence-electron chi connectivity index (χ2n) is 7.35. The van der Waals surface area contributed by atoms with Crippen molar-refractivity contribution in [2.24, 2.45) is 0 Å². The molecule has 3 fully saturated rings. The molecule has 26 heavy (non-hydrogen) atoms. The third kappa shape index (κ3) is 3.23. The topological polar surface area (TPSA) is 53.1 Å². The van der Waals surface area contributed by atoms with Gasteiger partial charge in [-0.3, -0.25) is 9.59 Å². The molecule has 6 heteroatoms. The van der Waals surface area contributed by atoms with Crippen LogP contribution in [-0.4, -0.2) is 73.1 Å². The van der Waals surface area contributed by atoms with Crippen molar-refractivity contribution in [1.29, 1.82) is 0 Å². The maximum atomic E-state index is 13.1. The Kier molecular flexibility index (Phi) is 4.96. The number of hydrogen-bond donors (Lipinski definition) is 0. The Labute approximate surface area is 154 Å². The van der Waals surface area contributed by atoms with Crippen molar-refractivity contribution in [1.82, 2.24) is 9.80 Å². The summed E-state index contributed by atoms with van der Waals surface area (Å²) in [5.74, 6) is 0.238. The molecular formula is C20H27N3O3. The van der Waals surface area contributed by atoms with Crippen LogP contribution in [-0.2, 0) is 9.53 Å². The van der Waals surface area contributed by atoms with Crippen molar-refractivity contribution in [2.45, 2.75) is 38.3 Å². The molecule has 0 radical (unpaired) electrons. The van der Waals surface area contributed by atoms with Crippen molar-refractivity contribution in [2.75, 3.05) is 44.2 Å². The average molecular weight is 357 g/mol. The van der Waals surface area contributed by atoms with E-state index in [1.165, 1.54) is 0 Å². The lowest BCUT2D eigenvalue weighted by Gasteiger charge is -2.47. The lowest BCUT2D eigenvalue weighted by Crippen LogP contribution is -2.61. The Morgan fingerprint density at radius 1 is 1.19 bits per heavy atom. The number of carbonyl (C=O) groups is 2. The quantitative estimate of drug-likeness (QED) is 0.827. The summed E-state index contributed by atoms with van der Waals surface area (Å²) in [6.45, 7) is 7.11. The Hall–Kier alpha value is -1.92. The van der Waals surface area contributed by atoms with Gasteiger partial charge in [0.15, 0.2) is 0 Å². The number of carbonyl (C=O) groups excluding carboxylic acids is 2. The molecule has 3 heterocycles. The minimum Gasteiger partial charge on any atom is -0.374 e. The van der Waals surface area contributed by atoms with E-state index in [1.54, 1.807) is 4.90 Å². The van der Waals surface area contributed by atoms with Crippen molar-refractivity contribution in [3.63, 3.8) is 0 Å². The minimum absolute atomic E-state index is 0.0700. The second kappa shape index (κ2) is 7.37. The van der Waals surface area contributed by atoms with E-state index in [0.717, 1.165) is 44.7 Å². The Morgan fingerprint density at radius 3 is 2.69 bits per heavy atom. The summed E-state index contributed by atoms with van der Waals surface area (Å²) in [6, 6.07) is 7.63. The lowest BCUT2D eigenvalue weighted by molar-refractivity contribution is -0.117. The van der Waals surface area contributed by atoms with Crippen LogP contribution < -0.4 is 4.90 Å². The molecule has 0 bridgehead atoms. The van der Waals surface area contributed by atoms with Gasteiger partial charge >= 0.3 is 0 Å². The zero-order valence-corrected chi connectivity index (χ0v) is 15.4. The first kappa shape index (κ1) is 17.5. The van der Waals surface area contributed by atoms with Crippen molar-refractivity contribution >= 4 is 17.5 Å². The number of anilines is 1. The normalized spacial score (nSPS) is 26.9. The molecule has 1 aromatic carbocycles. The van der Waals surface area contributed by atoms with Gasteiger partial charge in [0.05, 0.1) is 18.8 Å². The summed E-state index contributed by atoms with van der Waals surface area (Å²) in [5, 5.41) is 0. The van der Waals surface area contributed by atoms with Crippen molar-refractivity contribution in [3.8, 4) is 0 Å². The minimum atomic E-state index is 0.0700. The summed E-state index contributed by atoms with van der Waals surface area (Å²) >= 11 is 0. The molecule has 0 unspecified atom stereocenters. The second-order valence-corrected chi connectivity index (χ2v) is 7.35.